The molecule has 0 fully saturated rings. The number of pyridine rings is 1. The summed E-state index contributed by atoms with van der Waals surface area (Å²) in [5.74, 6) is -0.874. The summed E-state index contributed by atoms with van der Waals surface area (Å²) in [6.07, 6.45) is 4.94. The van der Waals surface area contributed by atoms with Gasteiger partial charge in [-0.15, -0.1) is 0 Å². The van der Waals surface area contributed by atoms with Gasteiger partial charge in [0, 0.05) is 18.1 Å². The number of hydrogen-bond acceptors (Lipinski definition) is 4. The van der Waals surface area contributed by atoms with Crippen molar-refractivity contribution >= 4 is 22.7 Å². The number of nitrogens with two attached hydrogens (primary N) is 1. The number of carboxylic acids is 1. The molecule has 0 saturated heterocycles. The van der Waals surface area contributed by atoms with Gasteiger partial charge >= 0.3 is 5.97 Å². The van der Waals surface area contributed by atoms with Crippen LogP contribution in [0, 0.1) is 0 Å². The Morgan fingerprint density at radius 1 is 1.38 bits per heavy atom. The summed E-state index contributed by atoms with van der Waals surface area (Å²) in [6, 6.07) is 8.70. The maximum atomic E-state index is 11.2. The van der Waals surface area contributed by atoms with Crippen molar-refractivity contribution in [1.29, 1.82) is 0 Å². The van der Waals surface area contributed by atoms with Crippen molar-refractivity contribution in [3.63, 3.8) is 0 Å². The van der Waals surface area contributed by atoms with Crippen molar-refractivity contribution in [3.8, 4) is 0 Å². The molecule has 3 N–H and O–H groups in total. The minimum Gasteiger partial charge on any atom is -0.481 e. The van der Waals surface area contributed by atoms with Crippen LogP contribution in [-0.2, 0) is 4.79 Å². The van der Waals surface area contributed by atoms with E-state index in [9.17, 15) is 9.90 Å². The van der Waals surface area contributed by atoms with Crippen LogP contribution in [0.3, 0.4) is 0 Å². The highest BCUT2D eigenvalue weighted by atomic mass is 16.4. The number of imidazole rings is 1. The molecule has 1 atom stereocenters. The molecule has 1 unspecified atom stereocenters. The Morgan fingerprint density at radius 2 is 2.24 bits per heavy atom. The third-order valence-electron chi connectivity index (χ3n) is 3.37. The largest absolute Gasteiger partial charge is 0.481 e. The zero-order valence-corrected chi connectivity index (χ0v) is 11.2. The van der Waals surface area contributed by atoms with Gasteiger partial charge in [-0.25, -0.2) is 4.98 Å². The number of rotatable bonds is 4. The Hall–Kier alpha value is -2.89. The summed E-state index contributed by atoms with van der Waals surface area (Å²) in [5, 5.41) is 9.19. The first kappa shape index (κ1) is 13.1. The van der Waals surface area contributed by atoms with Gasteiger partial charge in [-0.3, -0.25) is 9.78 Å². The fourth-order valence-corrected chi connectivity index (χ4v) is 2.41. The molecular formula is C15H14N4O2. The van der Waals surface area contributed by atoms with E-state index in [-0.39, 0.29) is 12.5 Å². The number of aliphatic carboxylic acids is 1. The Kier molecular flexibility index (Phi) is 3.27. The molecule has 0 amide bonds. The number of nitrogen functional groups attached to an aromatic ring is 1. The van der Waals surface area contributed by atoms with Crippen molar-refractivity contribution in [1.82, 2.24) is 14.5 Å². The summed E-state index contributed by atoms with van der Waals surface area (Å²) >= 11 is 0. The molecule has 0 spiro atoms. The van der Waals surface area contributed by atoms with Crippen LogP contribution < -0.4 is 5.73 Å². The van der Waals surface area contributed by atoms with E-state index < -0.39 is 5.97 Å². The highest BCUT2D eigenvalue weighted by molar-refractivity contribution is 5.79. The molecule has 3 aromatic rings. The average Bonchev–Trinajstić information content (AvgIpc) is 2.88. The van der Waals surface area contributed by atoms with Gasteiger partial charge in [-0.1, -0.05) is 6.07 Å². The summed E-state index contributed by atoms with van der Waals surface area (Å²) < 4.78 is 1.85. The van der Waals surface area contributed by atoms with Gasteiger partial charge in [0.2, 0.25) is 0 Å². The number of anilines is 1. The highest BCUT2D eigenvalue weighted by Crippen LogP contribution is 2.26. The lowest BCUT2D eigenvalue weighted by Crippen LogP contribution is -2.14. The monoisotopic (exact) mass is 282 g/mol. The zero-order valence-electron chi connectivity index (χ0n) is 11.2. The molecule has 2 aromatic heterocycles. The predicted octanol–water partition coefficient (Wildman–Crippen LogP) is 2.08. The number of fused-ring (bicyclic) bond motifs is 1. The Balaban J connectivity index is 2.12. The standard InChI is InChI=1S/C15H14N4O2/c16-11-3-4-13-12(6-11)18-9-19(13)14(7-15(20)21)10-2-1-5-17-8-10/h1-6,8-9,14H,7,16H2,(H,20,21). The lowest BCUT2D eigenvalue weighted by molar-refractivity contribution is -0.137. The van der Waals surface area contributed by atoms with E-state index in [2.05, 4.69) is 9.97 Å². The van der Waals surface area contributed by atoms with Gasteiger partial charge in [0.15, 0.2) is 0 Å². The van der Waals surface area contributed by atoms with Crippen molar-refractivity contribution < 1.29 is 9.90 Å². The van der Waals surface area contributed by atoms with Crippen LogP contribution in [0.5, 0.6) is 0 Å². The smallest absolute Gasteiger partial charge is 0.305 e. The molecule has 0 aliphatic rings. The van der Waals surface area contributed by atoms with Crippen LogP contribution in [0.1, 0.15) is 18.0 Å². The molecule has 106 valence electrons. The molecule has 0 aliphatic heterocycles. The number of aromatic nitrogens is 3. The quantitative estimate of drug-likeness (QED) is 0.714. The van der Waals surface area contributed by atoms with Gasteiger partial charge < -0.3 is 15.4 Å². The van der Waals surface area contributed by atoms with Gasteiger partial charge in [-0.2, -0.15) is 0 Å². The second kappa shape index (κ2) is 5.24. The molecule has 0 bridgehead atoms. The fraction of sp³-hybridized carbons (Fsp3) is 0.133. The molecule has 0 radical (unpaired) electrons. The normalized spacial score (nSPS) is 12.4. The lowest BCUT2D eigenvalue weighted by atomic mass is 10.1. The Labute approximate surface area is 120 Å². The van der Waals surface area contributed by atoms with Crippen LogP contribution in [0.2, 0.25) is 0 Å². The number of hydrogen-bond donors (Lipinski definition) is 2. The Morgan fingerprint density at radius 3 is 2.95 bits per heavy atom. The number of nitrogens with zero attached hydrogens (tertiary/aromatic N) is 3. The second-order valence-corrected chi connectivity index (χ2v) is 4.80. The van der Waals surface area contributed by atoms with Crippen LogP contribution in [-0.4, -0.2) is 25.6 Å². The van der Waals surface area contributed by atoms with Crippen LogP contribution in [0.25, 0.3) is 11.0 Å². The average molecular weight is 282 g/mol. The van der Waals surface area contributed by atoms with Crippen molar-refractivity contribution in [2.45, 2.75) is 12.5 Å². The van der Waals surface area contributed by atoms with E-state index >= 15 is 0 Å². The van der Waals surface area contributed by atoms with Gasteiger partial charge in [-0.05, 0) is 29.8 Å². The van der Waals surface area contributed by atoms with Gasteiger partial charge in [0.05, 0.1) is 29.8 Å². The van der Waals surface area contributed by atoms with E-state index in [0.717, 1.165) is 16.6 Å². The molecule has 6 nitrogen and oxygen atoms in total. The maximum Gasteiger partial charge on any atom is 0.305 e. The molecule has 1 aromatic carbocycles. The minimum absolute atomic E-state index is 0.0401. The molecule has 6 heteroatoms. The molecule has 3 rings (SSSR count). The van der Waals surface area contributed by atoms with E-state index in [0.29, 0.717) is 5.69 Å². The second-order valence-electron chi connectivity index (χ2n) is 4.80. The summed E-state index contributed by atoms with van der Waals surface area (Å²) in [5.41, 5.74) is 8.80. The molecule has 0 aliphatic carbocycles. The minimum atomic E-state index is -0.874. The third-order valence-corrected chi connectivity index (χ3v) is 3.37. The number of carboxylic acid groups (broad SMARTS) is 1. The molecule has 0 saturated carbocycles. The lowest BCUT2D eigenvalue weighted by Gasteiger charge is -2.17. The first-order valence-corrected chi connectivity index (χ1v) is 6.49. The van der Waals surface area contributed by atoms with Crippen molar-refractivity contribution in [2.24, 2.45) is 0 Å². The summed E-state index contributed by atoms with van der Waals surface area (Å²) in [7, 11) is 0. The van der Waals surface area contributed by atoms with Crippen molar-refractivity contribution in [2.75, 3.05) is 5.73 Å². The molecule has 21 heavy (non-hydrogen) atoms. The summed E-state index contributed by atoms with van der Waals surface area (Å²) in [6.45, 7) is 0. The van der Waals surface area contributed by atoms with Crippen LogP contribution >= 0.6 is 0 Å². The predicted molar refractivity (Wildman–Crippen MR) is 78.8 cm³/mol. The SMILES string of the molecule is Nc1ccc2c(c1)ncn2C(CC(=O)O)c1cccnc1. The first-order valence-electron chi connectivity index (χ1n) is 6.49. The van der Waals surface area contributed by atoms with Gasteiger partial charge in [0.25, 0.3) is 0 Å². The third kappa shape index (κ3) is 2.55. The van der Waals surface area contributed by atoms with Crippen molar-refractivity contribution in [3.05, 3.63) is 54.6 Å². The summed E-state index contributed by atoms with van der Waals surface area (Å²) in [4.78, 5) is 19.6. The van der Waals surface area contributed by atoms with Crippen LogP contribution in [0.4, 0.5) is 5.69 Å². The number of benzene rings is 1. The fourth-order valence-electron chi connectivity index (χ4n) is 2.41. The van der Waals surface area contributed by atoms with E-state index in [1.165, 1.54) is 0 Å². The zero-order chi connectivity index (χ0) is 14.8. The van der Waals surface area contributed by atoms with Crippen LogP contribution in [0.15, 0.2) is 49.1 Å². The van der Waals surface area contributed by atoms with Gasteiger partial charge in [0.1, 0.15) is 0 Å². The Bertz CT molecular complexity index is 783. The topological polar surface area (TPSA) is 94.0 Å². The first-order chi connectivity index (χ1) is 10.1. The van der Waals surface area contributed by atoms with E-state index in [4.69, 9.17) is 5.73 Å². The van der Waals surface area contributed by atoms with E-state index in [1.54, 1.807) is 36.9 Å². The van der Waals surface area contributed by atoms with E-state index in [1.807, 2.05) is 16.7 Å². The number of carbonyl (C=O) groups is 1. The maximum absolute atomic E-state index is 11.2. The molecule has 2 heterocycles. The highest BCUT2D eigenvalue weighted by Gasteiger charge is 2.19. The molecular weight excluding hydrogens is 268 g/mol.